The molecule has 32 heavy (non-hydrogen) atoms. The van der Waals surface area contributed by atoms with Gasteiger partial charge in [-0.1, -0.05) is 11.3 Å². The van der Waals surface area contributed by atoms with Gasteiger partial charge in [0.2, 0.25) is 0 Å². The summed E-state index contributed by atoms with van der Waals surface area (Å²) in [5.41, 5.74) is 6.42. The lowest BCUT2D eigenvalue weighted by Crippen LogP contribution is -2.29. The van der Waals surface area contributed by atoms with Crippen molar-refractivity contribution in [1.82, 2.24) is 29.5 Å². The zero-order chi connectivity index (χ0) is 22.4. The molecule has 8 heteroatoms. The van der Waals surface area contributed by atoms with E-state index in [2.05, 4.69) is 27.2 Å². The first kappa shape index (κ1) is 20.5. The number of aromatic nitrogens is 6. The second-order valence-electron chi connectivity index (χ2n) is 8.71. The molecular weight excluding hydrogens is 404 g/mol. The number of hydrogen-bond acceptors (Lipinski definition) is 6. The van der Waals surface area contributed by atoms with E-state index in [1.54, 1.807) is 15.6 Å². The number of benzene rings is 1. The number of pyridine rings is 1. The van der Waals surface area contributed by atoms with E-state index < -0.39 is 6.10 Å². The zero-order valence-electron chi connectivity index (χ0n) is 18.5. The topological polar surface area (TPSA) is 98.7 Å². The van der Waals surface area contributed by atoms with E-state index in [1.165, 1.54) is 0 Å². The smallest absolute Gasteiger partial charge is 0.261 e. The maximum Gasteiger partial charge on any atom is 0.261 e. The maximum atomic E-state index is 13.3. The molecule has 1 saturated carbocycles. The molecular formula is C24H26N6O2. The molecule has 0 spiro atoms. The van der Waals surface area contributed by atoms with Crippen molar-refractivity contribution in [3.05, 3.63) is 69.5 Å². The summed E-state index contributed by atoms with van der Waals surface area (Å²) in [5, 5.41) is 19.0. The summed E-state index contributed by atoms with van der Waals surface area (Å²) in [4.78, 5) is 22.5. The summed E-state index contributed by atoms with van der Waals surface area (Å²) in [6.45, 7) is 4.08. The van der Waals surface area contributed by atoms with Crippen molar-refractivity contribution in [1.29, 1.82) is 0 Å². The van der Waals surface area contributed by atoms with Gasteiger partial charge in [-0.25, -0.2) is 4.98 Å². The number of rotatable bonds is 4. The predicted octanol–water partition coefficient (Wildman–Crippen LogP) is 2.88. The summed E-state index contributed by atoms with van der Waals surface area (Å²) < 4.78 is 3.27. The van der Waals surface area contributed by atoms with Crippen LogP contribution in [0.3, 0.4) is 0 Å². The van der Waals surface area contributed by atoms with Crippen LogP contribution in [0.15, 0.2) is 41.7 Å². The fourth-order valence-corrected chi connectivity index (χ4v) is 4.64. The minimum atomic E-state index is -0.489. The van der Waals surface area contributed by atoms with Crippen LogP contribution in [-0.4, -0.2) is 40.7 Å². The Kier molecular flexibility index (Phi) is 5.09. The highest BCUT2D eigenvalue weighted by molar-refractivity contribution is 5.83. The van der Waals surface area contributed by atoms with Gasteiger partial charge in [0.15, 0.2) is 0 Å². The minimum absolute atomic E-state index is 0.0820. The quantitative estimate of drug-likeness (QED) is 0.535. The lowest BCUT2D eigenvalue weighted by Gasteiger charge is -2.19. The van der Waals surface area contributed by atoms with E-state index in [0.717, 1.165) is 58.4 Å². The van der Waals surface area contributed by atoms with E-state index in [0.29, 0.717) is 11.8 Å². The van der Waals surface area contributed by atoms with Crippen molar-refractivity contribution in [2.24, 2.45) is 7.05 Å². The van der Waals surface area contributed by atoms with Gasteiger partial charge in [-0.15, -0.1) is 5.10 Å². The zero-order valence-corrected chi connectivity index (χ0v) is 18.5. The first-order chi connectivity index (χ1) is 15.4. The minimum Gasteiger partial charge on any atom is -0.391 e. The van der Waals surface area contributed by atoms with Crippen molar-refractivity contribution in [2.75, 3.05) is 0 Å². The maximum absolute atomic E-state index is 13.3. The largest absolute Gasteiger partial charge is 0.391 e. The molecule has 1 fully saturated rings. The molecule has 3 aromatic heterocycles. The molecule has 164 valence electrons. The lowest BCUT2D eigenvalue weighted by atomic mass is 9.95. The average molecular weight is 431 g/mol. The molecule has 0 aliphatic heterocycles. The highest BCUT2D eigenvalue weighted by Gasteiger charge is 2.28. The SMILES string of the molecule is Cc1c(Cc2ccc(-c3cn(C)nn3)nc2)cc2c(=O)n([C@@H]3CCC[C@H]3O)cnc2c1C. The molecule has 1 aliphatic rings. The van der Waals surface area contributed by atoms with E-state index in [-0.39, 0.29) is 11.6 Å². The van der Waals surface area contributed by atoms with Crippen LogP contribution in [0.1, 0.15) is 47.6 Å². The van der Waals surface area contributed by atoms with Gasteiger partial charge in [0, 0.05) is 13.2 Å². The number of aliphatic hydroxyl groups excluding tert-OH is 1. The van der Waals surface area contributed by atoms with Gasteiger partial charge in [0.25, 0.3) is 5.56 Å². The van der Waals surface area contributed by atoms with Crippen molar-refractivity contribution >= 4 is 10.9 Å². The van der Waals surface area contributed by atoms with Gasteiger partial charge < -0.3 is 5.11 Å². The Labute approximate surface area is 185 Å². The molecule has 8 nitrogen and oxygen atoms in total. The highest BCUT2D eigenvalue weighted by Crippen LogP contribution is 2.30. The summed E-state index contributed by atoms with van der Waals surface area (Å²) in [5.74, 6) is 0. The standard InChI is InChI=1S/C24H26N6O2/c1-14-15(2)23-18(24(32)30(13-26-23)21-5-4-6-22(21)31)10-17(14)9-16-7-8-19(25-11-16)20-12-29(3)28-27-20/h7-8,10-13,21-22,31H,4-6,9H2,1-3H3/t21-,22-/m1/s1. The van der Waals surface area contributed by atoms with Crippen LogP contribution in [0.25, 0.3) is 22.3 Å². The van der Waals surface area contributed by atoms with Crippen LogP contribution >= 0.6 is 0 Å². The van der Waals surface area contributed by atoms with Crippen LogP contribution < -0.4 is 5.56 Å². The van der Waals surface area contributed by atoms with Crippen LogP contribution in [0.5, 0.6) is 0 Å². The monoisotopic (exact) mass is 430 g/mol. The molecule has 4 aromatic rings. The number of aliphatic hydroxyl groups is 1. The Hall–Kier alpha value is -3.39. The fourth-order valence-electron chi connectivity index (χ4n) is 4.64. The molecule has 1 aliphatic carbocycles. The van der Waals surface area contributed by atoms with E-state index in [1.807, 2.05) is 44.6 Å². The van der Waals surface area contributed by atoms with Gasteiger partial charge >= 0.3 is 0 Å². The molecule has 2 atom stereocenters. The van der Waals surface area contributed by atoms with Crippen molar-refractivity contribution in [3.8, 4) is 11.4 Å². The van der Waals surface area contributed by atoms with Crippen LogP contribution in [0.4, 0.5) is 0 Å². The van der Waals surface area contributed by atoms with Crippen molar-refractivity contribution < 1.29 is 5.11 Å². The van der Waals surface area contributed by atoms with E-state index in [9.17, 15) is 9.90 Å². The second-order valence-corrected chi connectivity index (χ2v) is 8.71. The normalized spacial score (nSPS) is 18.5. The molecule has 1 aromatic carbocycles. The van der Waals surface area contributed by atoms with Crippen LogP contribution in [-0.2, 0) is 13.5 Å². The summed E-state index contributed by atoms with van der Waals surface area (Å²) in [6, 6.07) is 5.74. The van der Waals surface area contributed by atoms with Gasteiger partial charge in [0.1, 0.15) is 5.69 Å². The Morgan fingerprint density at radius 3 is 2.62 bits per heavy atom. The van der Waals surface area contributed by atoms with Gasteiger partial charge in [-0.2, -0.15) is 0 Å². The van der Waals surface area contributed by atoms with E-state index >= 15 is 0 Å². The first-order valence-electron chi connectivity index (χ1n) is 10.9. The molecule has 0 saturated heterocycles. The number of fused-ring (bicyclic) bond motifs is 1. The Bertz CT molecular complexity index is 1360. The third-order valence-electron chi connectivity index (χ3n) is 6.63. The first-order valence-corrected chi connectivity index (χ1v) is 10.9. The number of hydrogen-bond donors (Lipinski definition) is 1. The molecule has 0 unspecified atom stereocenters. The summed E-state index contributed by atoms with van der Waals surface area (Å²) in [7, 11) is 1.83. The number of nitrogens with zero attached hydrogens (tertiary/aromatic N) is 6. The van der Waals surface area contributed by atoms with Crippen LogP contribution in [0, 0.1) is 13.8 Å². The molecule has 3 heterocycles. The van der Waals surface area contributed by atoms with Crippen molar-refractivity contribution in [2.45, 2.75) is 51.7 Å². The predicted molar refractivity (Wildman–Crippen MR) is 121 cm³/mol. The molecule has 1 N–H and O–H groups in total. The van der Waals surface area contributed by atoms with E-state index in [4.69, 9.17) is 0 Å². The number of aryl methyl sites for hydroxylation is 2. The molecule has 5 rings (SSSR count). The summed E-state index contributed by atoms with van der Waals surface area (Å²) in [6.07, 6.45) is 7.91. The Morgan fingerprint density at radius 2 is 1.97 bits per heavy atom. The molecule has 0 bridgehead atoms. The van der Waals surface area contributed by atoms with Crippen molar-refractivity contribution in [3.63, 3.8) is 0 Å². The summed E-state index contributed by atoms with van der Waals surface area (Å²) >= 11 is 0. The van der Waals surface area contributed by atoms with Gasteiger partial charge in [-0.05, 0) is 73.9 Å². The van der Waals surface area contributed by atoms with Crippen LogP contribution in [0.2, 0.25) is 0 Å². The fraction of sp³-hybridized carbons (Fsp3) is 0.375. The second kappa shape index (κ2) is 7.94. The molecule has 0 amide bonds. The van der Waals surface area contributed by atoms with Gasteiger partial charge in [0.05, 0.1) is 41.3 Å². The third kappa shape index (κ3) is 3.50. The van der Waals surface area contributed by atoms with Gasteiger partial charge in [-0.3, -0.25) is 19.0 Å². The average Bonchev–Trinajstić information content (AvgIpc) is 3.41. The Balaban J connectivity index is 1.51. The molecule has 0 radical (unpaired) electrons. The Morgan fingerprint density at radius 1 is 1.12 bits per heavy atom. The third-order valence-corrected chi connectivity index (χ3v) is 6.63. The lowest BCUT2D eigenvalue weighted by molar-refractivity contribution is 0.134. The highest BCUT2D eigenvalue weighted by atomic mass is 16.3.